The summed E-state index contributed by atoms with van der Waals surface area (Å²) in [6, 6.07) is 35.4. The molecule has 0 fully saturated rings. The van der Waals surface area contributed by atoms with Gasteiger partial charge in [0.05, 0.1) is 0 Å². The highest BCUT2D eigenvalue weighted by Crippen LogP contribution is 2.20. The third-order valence-electron chi connectivity index (χ3n) is 10.3. The van der Waals surface area contributed by atoms with Crippen LogP contribution in [-0.4, -0.2) is 77.4 Å². The van der Waals surface area contributed by atoms with Gasteiger partial charge < -0.3 is 37.4 Å². The van der Waals surface area contributed by atoms with Gasteiger partial charge in [0.1, 0.15) is 30.2 Å². The first-order chi connectivity index (χ1) is 29.0. The number of carboxylic acids is 1. The number of hydrogen-bond acceptors (Lipinski definition) is 7. The fraction of sp³-hybridized carbons (Fsp3) is 0.234. The Morgan fingerprint density at radius 3 is 1.58 bits per heavy atom. The zero-order chi connectivity index (χ0) is 42.4. The summed E-state index contributed by atoms with van der Waals surface area (Å²) in [5, 5.41) is 23.8. The predicted molar refractivity (Wildman–Crippen MR) is 226 cm³/mol. The van der Waals surface area contributed by atoms with Gasteiger partial charge in [0.25, 0.3) is 5.91 Å². The van der Waals surface area contributed by atoms with E-state index in [1.165, 1.54) is 12.1 Å². The summed E-state index contributed by atoms with van der Waals surface area (Å²) in [4.78, 5) is 81.8. The molecule has 5 amide bonds. The second-order valence-electron chi connectivity index (χ2n) is 14.8. The van der Waals surface area contributed by atoms with E-state index in [-0.39, 0.29) is 37.8 Å². The van der Waals surface area contributed by atoms with Crippen LogP contribution in [0.2, 0.25) is 0 Å². The van der Waals surface area contributed by atoms with Gasteiger partial charge in [-0.25, -0.2) is 4.79 Å². The summed E-state index contributed by atoms with van der Waals surface area (Å²) in [7, 11) is 0. The second-order valence-corrected chi connectivity index (χ2v) is 14.8. The van der Waals surface area contributed by atoms with Gasteiger partial charge in [-0.3, -0.25) is 24.0 Å². The number of carbonyl (C=O) groups is 6. The SMILES string of the molecule is N[C@H]1CNC(=O)c2ccc(cc2)C[C@@H](C(=O)O)NC(=O)[C@@H](Cc2ccccc2)NC(=O)[C@H](Cc2ccc(-c3ccccc3)cc2)NC(=O)[C@@H](CCc2ccccc2)NC1=O. The Morgan fingerprint density at radius 1 is 0.533 bits per heavy atom. The molecule has 5 aromatic rings. The lowest BCUT2D eigenvalue weighted by Gasteiger charge is -2.27. The minimum atomic E-state index is -1.39. The molecule has 2 aliphatic rings. The fourth-order valence-electron chi connectivity index (χ4n) is 6.91. The van der Waals surface area contributed by atoms with E-state index in [4.69, 9.17) is 5.73 Å². The maximum absolute atomic E-state index is 14.5. The topological polar surface area (TPSA) is 209 Å². The average Bonchev–Trinajstić information content (AvgIpc) is 3.27. The Labute approximate surface area is 348 Å². The molecule has 2 bridgehead atoms. The van der Waals surface area contributed by atoms with Gasteiger partial charge in [-0.15, -0.1) is 0 Å². The van der Waals surface area contributed by atoms with Gasteiger partial charge in [0, 0.05) is 31.4 Å². The molecular weight excluding hydrogens is 761 g/mol. The van der Waals surface area contributed by atoms with Crippen molar-refractivity contribution in [3.8, 4) is 11.1 Å². The van der Waals surface area contributed by atoms with E-state index >= 15 is 0 Å². The van der Waals surface area contributed by atoms with Crippen LogP contribution in [0.3, 0.4) is 0 Å². The molecule has 308 valence electrons. The van der Waals surface area contributed by atoms with Crippen LogP contribution < -0.4 is 32.3 Å². The Kier molecular flexibility index (Phi) is 14.5. The normalized spacial score (nSPS) is 20.7. The Hall–Kier alpha value is -7.12. The molecule has 0 unspecified atom stereocenters. The van der Waals surface area contributed by atoms with E-state index in [1.54, 1.807) is 36.4 Å². The number of carboxylic acid groups (broad SMARTS) is 1. The third-order valence-corrected chi connectivity index (χ3v) is 10.3. The molecule has 0 aromatic heterocycles. The molecular formula is C47H48N6O7. The van der Waals surface area contributed by atoms with Crippen molar-refractivity contribution >= 4 is 35.5 Å². The number of amides is 5. The molecule has 60 heavy (non-hydrogen) atoms. The number of aryl methyl sites for hydroxylation is 1. The van der Waals surface area contributed by atoms with Crippen molar-refractivity contribution < 1.29 is 33.9 Å². The first kappa shape index (κ1) is 42.5. The first-order valence-corrected chi connectivity index (χ1v) is 19.8. The number of aliphatic carboxylic acids is 1. The summed E-state index contributed by atoms with van der Waals surface area (Å²) < 4.78 is 0. The van der Waals surface area contributed by atoms with Crippen molar-refractivity contribution in [2.75, 3.05) is 6.54 Å². The molecule has 5 atom stereocenters. The highest BCUT2D eigenvalue weighted by Gasteiger charge is 2.32. The summed E-state index contributed by atoms with van der Waals surface area (Å²) in [5.41, 5.74) is 11.2. The zero-order valence-corrected chi connectivity index (χ0v) is 32.9. The van der Waals surface area contributed by atoms with Crippen LogP contribution in [0.4, 0.5) is 0 Å². The first-order valence-electron chi connectivity index (χ1n) is 19.8. The smallest absolute Gasteiger partial charge is 0.326 e. The largest absolute Gasteiger partial charge is 0.480 e. The molecule has 8 N–H and O–H groups in total. The molecule has 0 saturated heterocycles. The summed E-state index contributed by atoms with van der Waals surface area (Å²) in [5.74, 6) is -4.64. The molecule has 0 saturated carbocycles. The summed E-state index contributed by atoms with van der Waals surface area (Å²) >= 11 is 0. The Balaban J connectivity index is 1.35. The maximum atomic E-state index is 14.5. The third kappa shape index (κ3) is 12.0. The molecule has 13 heteroatoms. The molecule has 0 aliphatic carbocycles. The van der Waals surface area contributed by atoms with Crippen molar-refractivity contribution in [2.45, 2.75) is 62.3 Å². The van der Waals surface area contributed by atoms with Crippen molar-refractivity contribution in [1.82, 2.24) is 26.6 Å². The standard InChI is InChI=1S/C47H48N6O7/c48-37-29-49-42(54)36-23-18-33(19-24-36)28-41(47(59)60)53-46(58)39(26-31-12-6-2-7-13-31)52-45(57)40(27-32-16-21-35(22-17-32)34-14-8-3-9-15-34)51-44(56)38(50-43(37)55)25-20-30-10-4-1-5-11-30/h1-19,21-24,37-41H,20,25-29,48H2,(H,49,54)(H,50,55)(H,51,56)(H,52,57)(H,53,58)(H,59,60)/t37-,38+,39+,40-,41-/m0/s1. The van der Waals surface area contributed by atoms with Gasteiger partial charge in [0.15, 0.2) is 0 Å². The van der Waals surface area contributed by atoms with Crippen molar-refractivity contribution in [2.24, 2.45) is 5.73 Å². The quantitative estimate of drug-likeness (QED) is 0.110. The number of fused-ring (bicyclic) bond motifs is 18. The number of benzene rings is 5. The minimum absolute atomic E-state index is 0.00475. The number of hydrogen-bond donors (Lipinski definition) is 7. The van der Waals surface area contributed by atoms with Gasteiger partial charge in [0.2, 0.25) is 23.6 Å². The molecule has 2 heterocycles. The average molecular weight is 809 g/mol. The van der Waals surface area contributed by atoms with E-state index in [2.05, 4.69) is 26.6 Å². The minimum Gasteiger partial charge on any atom is -0.480 e. The van der Waals surface area contributed by atoms with Crippen LogP contribution in [0, 0.1) is 0 Å². The van der Waals surface area contributed by atoms with Crippen LogP contribution in [0.15, 0.2) is 140 Å². The van der Waals surface area contributed by atoms with Crippen LogP contribution >= 0.6 is 0 Å². The molecule has 7 rings (SSSR count). The van der Waals surface area contributed by atoms with Crippen molar-refractivity contribution in [3.05, 3.63) is 167 Å². The van der Waals surface area contributed by atoms with Crippen LogP contribution in [0.25, 0.3) is 11.1 Å². The number of nitrogens with two attached hydrogens (primary N) is 1. The van der Waals surface area contributed by atoms with E-state index in [0.717, 1.165) is 16.7 Å². The molecule has 2 aliphatic heterocycles. The Morgan fingerprint density at radius 2 is 1.00 bits per heavy atom. The highest BCUT2D eigenvalue weighted by molar-refractivity contribution is 5.97. The van der Waals surface area contributed by atoms with Gasteiger partial charge in [-0.1, -0.05) is 127 Å². The summed E-state index contributed by atoms with van der Waals surface area (Å²) in [6.07, 6.45) is 0.424. The lowest BCUT2D eigenvalue weighted by Crippen LogP contribution is -2.60. The monoisotopic (exact) mass is 808 g/mol. The number of carbonyl (C=O) groups excluding carboxylic acids is 5. The van der Waals surface area contributed by atoms with Crippen molar-refractivity contribution in [3.63, 3.8) is 0 Å². The van der Waals surface area contributed by atoms with Crippen LogP contribution in [-0.2, 0) is 49.7 Å². The lowest BCUT2D eigenvalue weighted by molar-refractivity contribution is -0.142. The van der Waals surface area contributed by atoms with Crippen LogP contribution in [0.5, 0.6) is 0 Å². The van der Waals surface area contributed by atoms with Gasteiger partial charge in [-0.05, 0) is 58.4 Å². The fourth-order valence-corrected chi connectivity index (χ4v) is 6.91. The lowest BCUT2D eigenvalue weighted by atomic mass is 9.98. The molecule has 0 spiro atoms. The van der Waals surface area contributed by atoms with E-state index < -0.39 is 65.7 Å². The van der Waals surface area contributed by atoms with E-state index in [0.29, 0.717) is 23.1 Å². The summed E-state index contributed by atoms with van der Waals surface area (Å²) in [6.45, 7) is -0.251. The number of nitrogens with one attached hydrogen (secondary N) is 5. The predicted octanol–water partition coefficient (Wildman–Crippen LogP) is 3.11. The molecule has 13 nitrogen and oxygen atoms in total. The van der Waals surface area contributed by atoms with Crippen molar-refractivity contribution in [1.29, 1.82) is 0 Å². The molecule has 5 aromatic carbocycles. The second kappa shape index (κ2) is 20.5. The van der Waals surface area contributed by atoms with E-state index in [9.17, 15) is 33.9 Å². The maximum Gasteiger partial charge on any atom is 0.326 e. The molecule has 0 radical (unpaired) electrons. The van der Waals surface area contributed by atoms with Gasteiger partial charge in [-0.2, -0.15) is 0 Å². The highest BCUT2D eigenvalue weighted by atomic mass is 16.4. The number of rotatable bonds is 9. The van der Waals surface area contributed by atoms with E-state index in [1.807, 2.05) is 91.0 Å². The zero-order valence-electron chi connectivity index (χ0n) is 32.9. The Bertz CT molecular complexity index is 2260. The van der Waals surface area contributed by atoms with Gasteiger partial charge >= 0.3 is 5.97 Å². The van der Waals surface area contributed by atoms with Crippen LogP contribution in [0.1, 0.15) is 39.0 Å².